The van der Waals surface area contributed by atoms with Crippen molar-refractivity contribution in [3.05, 3.63) is 27.8 Å². The van der Waals surface area contributed by atoms with Crippen LogP contribution in [0.1, 0.15) is 19.4 Å². The molecule has 0 aliphatic rings. The summed E-state index contributed by atoms with van der Waals surface area (Å²) in [6.45, 7) is 3.15. The van der Waals surface area contributed by atoms with E-state index in [-0.39, 0.29) is 29.3 Å². The summed E-state index contributed by atoms with van der Waals surface area (Å²) in [6, 6.07) is 2.28. The summed E-state index contributed by atoms with van der Waals surface area (Å²) in [4.78, 5) is 12.6. The molecule has 0 bridgehead atoms. The number of alkyl halides is 3. The van der Waals surface area contributed by atoms with E-state index >= 15 is 0 Å². The van der Waals surface area contributed by atoms with Crippen LogP contribution in [0.4, 0.5) is 18.9 Å². The second-order valence-electron chi connectivity index (χ2n) is 6.60. The number of nitro benzene ring substituents is 1. The fourth-order valence-electron chi connectivity index (χ4n) is 2.00. The van der Waals surface area contributed by atoms with Crippen molar-refractivity contribution in [3.63, 3.8) is 0 Å². The summed E-state index contributed by atoms with van der Waals surface area (Å²) in [5.41, 5.74) is -0.229. The summed E-state index contributed by atoms with van der Waals surface area (Å²) >= 11 is 0. The predicted molar refractivity (Wildman–Crippen MR) is 90.7 cm³/mol. The molecule has 0 unspecified atom stereocenters. The Balaban J connectivity index is 3.03. The van der Waals surface area contributed by atoms with Crippen LogP contribution in [0.5, 0.6) is 11.5 Å². The van der Waals surface area contributed by atoms with Gasteiger partial charge in [0.2, 0.25) is 0 Å². The highest BCUT2D eigenvalue weighted by molar-refractivity contribution is 5.54. The number of nitrogens with one attached hydrogen (secondary N) is 1. The third-order valence-corrected chi connectivity index (χ3v) is 4.04. The summed E-state index contributed by atoms with van der Waals surface area (Å²) < 4.78 is 46.7. The van der Waals surface area contributed by atoms with Crippen LogP contribution in [0, 0.1) is 10.1 Å². The van der Waals surface area contributed by atoms with Gasteiger partial charge in [-0.1, -0.05) is 0 Å². The number of nitrogens with zero attached hydrogens (tertiary/aromatic N) is 2. The first-order valence-electron chi connectivity index (χ1n) is 7.80. The highest BCUT2D eigenvalue weighted by Gasteiger charge is 2.30. The first kappa shape index (κ1) is 22.0. The molecular formula is C16H24F3N3O4. The second-order valence-corrected chi connectivity index (χ2v) is 6.60. The summed E-state index contributed by atoms with van der Waals surface area (Å²) in [6.07, 6.45) is -4.56. The van der Waals surface area contributed by atoms with Crippen LogP contribution in [0.25, 0.3) is 0 Å². The number of benzene rings is 1. The molecule has 0 saturated carbocycles. The van der Waals surface area contributed by atoms with Crippen molar-refractivity contribution in [3.8, 4) is 11.5 Å². The number of nitro groups is 1. The van der Waals surface area contributed by atoms with Crippen molar-refractivity contribution in [2.45, 2.75) is 32.1 Å². The van der Waals surface area contributed by atoms with Crippen LogP contribution in [-0.4, -0.2) is 55.9 Å². The number of hydrogen-bond acceptors (Lipinski definition) is 6. The quantitative estimate of drug-likeness (QED) is 0.525. The lowest BCUT2D eigenvalue weighted by atomic mass is 10.0. The number of halogens is 3. The number of likely N-dealkylation sites (N-methyl/N-ethyl adjacent to an activating group) is 1. The zero-order valence-electron chi connectivity index (χ0n) is 15.4. The first-order chi connectivity index (χ1) is 11.9. The fraction of sp³-hybridized carbons (Fsp3) is 0.625. The molecule has 7 nitrogen and oxygen atoms in total. The van der Waals surface area contributed by atoms with Crippen molar-refractivity contribution in [1.82, 2.24) is 10.2 Å². The molecule has 1 aromatic carbocycles. The maximum absolute atomic E-state index is 12.3. The molecule has 0 saturated heterocycles. The van der Waals surface area contributed by atoms with Crippen LogP contribution in [0.15, 0.2) is 12.1 Å². The number of hydrogen-bond donors (Lipinski definition) is 1. The SMILES string of the molecule is COc1cc(CNCC(C)(C)N(C)C)c([N+](=O)[O-])cc1OCC(F)(F)F. The van der Waals surface area contributed by atoms with Gasteiger partial charge in [0.25, 0.3) is 5.69 Å². The summed E-state index contributed by atoms with van der Waals surface area (Å²) in [5.74, 6) is -0.322. The molecule has 0 heterocycles. The number of rotatable bonds is 9. The monoisotopic (exact) mass is 379 g/mol. The molecule has 148 valence electrons. The van der Waals surface area contributed by atoms with Crippen LogP contribution < -0.4 is 14.8 Å². The van der Waals surface area contributed by atoms with Crippen LogP contribution in [0.3, 0.4) is 0 Å². The van der Waals surface area contributed by atoms with Crippen molar-refractivity contribution in [2.24, 2.45) is 0 Å². The van der Waals surface area contributed by atoms with Crippen LogP contribution in [0.2, 0.25) is 0 Å². The Kier molecular flexibility index (Phi) is 7.22. The molecule has 0 fully saturated rings. The lowest BCUT2D eigenvalue weighted by molar-refractivity contribution is -0.385. The molecule has 26 heavy (non-hydrogen) atoms. The van der Waals surface area contributed by atoms with Gasteiger partial charge in [0.05, 0.1) is 18.1 Å². The molecule has 0 amide bonds. The normalized spacial score (nSPS) is 12.3. The second kappa shape index (κ2) is 8.54. The minimum atomic E-state index is -4.56. The molecular weight excluding hydrogens is 355 g/mol. The third kappa shape index (κ3) is 6.34. The zero-order valence-corrected chi connectivity index (χ0v) is 15.4. The zero-order chi connectivity index (χ0) is 20.1. The van der Waals surface area contributed by atoms with Crippen molar-refractivity contribution in [2.75, 3.05) is 34.4 Å². The maximum atomic E-state index is 12.3. The highest BCUT2D eigenvalue weighted by atomic mass is 19.4. The van der Waals surface area contributed by atoms with E-state index in [4.69, 9.17) is 4.74 Å². The van der Waals surface area contributed by atoms with Gasteiger partial charge in [0.15, 0.2) is 18.1 Å². The van der Waals surface area contributed by atoms with Gasteiger partial charge in [-0.15, -0.1) is 0 Å². The van der Waals surface area contributed by atoms with Crippen LogP contribution >= 0.6 is 0 Å². The van der Waals surface area contributed by atoms with E-state index in [0.717, 1.165) is 6.07 Å². The average molecular weight is 379 g/mol. The predicted octanol–water partition coefficient (Wildman–Crippen LogP) is 2.97. The van der Waals surface area contributed by atoms with Gasteiger partial charge < -0.3 is 19.7 Å². The lowest BCUT2D eigenvalue weighted by Crippen LogP contribution is -2.46. The highest BCUT2D eigenvalue weighted by Crippen LogP contribution is 2.35. The van der Waals surface area contributed by atoms with E-state index in [0.29, 0.717) is 12.1 Å². The minimum absolute atomic E-state index is 0.00326. The van der Waals surface area contributed by atoms with Gasteiger partial charge in [-0.2, -0.15) is 13.2 Å². The van der Waals surface area contributed by atoms with E-state index < -0.39 is 17.7 Å². The van der Waals surface area contributed by atoms with Gasteiger partial charge in [-0.3, -0.25) is 10.1 Å². The van der Waals surface area contributed by atoms with E-state index in [1.165, 1.54) is 13.2 Å². The van der Waals surface area contributed by atoms with Crippen molar-refractivity contribution >= 4 is 5.69 Å². The molecule has 1 rings (SSSR count). The molecule has 0 aliphatic heterocycles. The van der Waals surface area contributed by atoms with Gasteiger partial charge in [-0.05, 0) is 34.0 Å². The molecule has 1 aromatic rings. The molecule has 10 heteroatoms. The third-order valence-electron chi connectivity index (χ3n) is 4.04. The van der Waals surface area contributed by atoms with Gasteiger partial charge in [0, 0.05) is 24.2 Å². The van der Waals surface area contributed by atoms with Crippen molar-refractivity contribution < 1.29 is 27.6 Å². The molecule has 0 aromatic heterocycles. The Hall–Kier alpha value is -2.07. The van der Waals surface area contributed by atoms with E-state index in [1.807, 2.05) is 32.8 Å². The van der Waals surface area contributed by atoms with Crippen LogP contribution in [-0.2, 0) is 6.54 Å². The molecule has 0 spiro atoms. The Bertz CT molecular complexity index is 634. The Morgan fingerprint density at radius 3 is 2.31 bits per heavy atom. The van der Waals surface area contributed by atoms with E-state index in [1.54, 1.807) is 0 Å². The summed E-state index contributed by atoms with van der Waals surface area (Å²) in [5, 5.41) is 14.4. The number of methoxy groups -OCH3 is 1. The topological polar surface area (TPSA) is 76.9 Å². The molecule has 0 radical (unpaired) electrons. The lowest BCUT2D eigenvalue weighted by Gasteiger charge is -2.32. The average Bonchev–Trinajstić information content (AvgIpc) is 2.51. The molecule has 0 aliphatic carbocycles. The van der Waals surface area contributed by atoms with Gasteiger partial charge >= 0.3 is 6.18 Å². The smallest absolute Gasteiger partial charge is 0.422 e. The Morgan fingerprint density at radius 2 is 1.85 bits per heavy atom. The van der Waals surface area contributed by atoms with Gasteiger partial charge in [0.1, 0.15) is 0 Å². The van der Waals surface area contributed by atoms with Gasteiger partial charge in [-0.25, -0.2) is 0 Å². The standard InChI is InChI=1S/C16H24F3N3O4/c1-15(2,21(3)4)9-20-8-11-6-13(25-5)14(7-12(11)22(23)24)26-10-16(17,18)19/h6-7,20H,8-10H2,1-5H3. The number of ether oxygens (including phenoxy) is 2. The Labute approximate surface area is 150 Å². The first-order valence-corrected chi connectivity index (χ1v) is 7.80. The summed E-state index contributed by atoms with van der Waals surface area (Å²) in [7, 11) is 5.09. The minimum Gasteiger partial charge on any atom is -0.493 e. The van der Waals surface area contributed by atoms with E-state index in [2.05, 4.69) is 10.1 Å². The fourth-order valence-corrected chi connectivity index (χ4v) is 2.00. The molecule has 1 N–H and O–H groups in total. The van der Waals surface area contributed by atoms with E-state index in [9.17, 15) is 23.3 Å². The maximum Gasteiger partial charge on any atom is 0.422 e. The van der Waals surface area contributed by atoms with Crippen molar-refractivity contribution in [1.29, 1.82) is 0 Å². The largest absolute Gasteiger partial charge is 0.493 e. The Morgan fingerprint density at radius 1 is 1.23 bits per heavy atom. The molecule has 0 atom stereocenters.